The number of hydrogen-bond acceptors (Lipinski definition) is 6. The van der Waals surface area contributed by atoms with Crippen LogP contribution in [0.3, 0.4) is 0 Å². The number of aryl methyl sites for hydroxylation is 1. The van der Waals surface area contributed by atoms with Crippen LogP contribution in [0.1, 0.15) is 12.0 Å². The molecule has 0 bridgehead atoms. The van der Waals surface area contributed by atoms with Gasteiger partial charge >= 0.3 is 12.2 Å². The van der Waals surface area contributed by atoms with Crippen molar-refractivity contribution in [1.82, 2.24) is 15.3 Å². The van der Waals surface area contributed by atoms with Crippen molar-refractivity contribution in [2.24, 2.45) is 0 Å². The molecular formula is C17H25N3O5. The topological polar surface area (TPSA) is 91.3 Å². The van der Waals surface area contributed by atoms with Crippen LogP contribution in [0, 0.1) is 0 Å². The van der Waals surface area contributed by atoms with Crippen LogP contribution in [0.25, 0.3) is 0 Å². The van der Waals surface area contributed by atoms with Crippen LogP contribution >= 0.6 is 0 Å². The Labute approximate surface area is 147 Å². The number of ether oxygens (including phenoxy) is 2. The summed E-state index contributed by atoms with van der Waals surface area (Å²) in [6.45, 7) is 0.760. The predicted octanol–water partition coefficient (Wildman–Crippen LogP) is 1.00. The van der Waals surface area contributed by atoms with Gasteiger partial charge in [-0.05, 0) is 24.9 Å². The van der Waals surface area contributed by atoms with E-state index in [9.17, 15) is 14.7 Å². The molecule has 0 saturated carbocycles. The smallest absolute Gasteiger partial charge is 0.428 e. The summed E-state index contributed by atoms with van der Waals surface area (Å²) in [6.07, 6.45) is -0.380. The maximum atomic E-state index is 11.9. The largest absolute Gasteiger partial charge is 0.452 e. The molecule has 0 aromatic heterocycles. The first-order valence-corrected chi connectivity index (χ1v) is 8.23. The molecule has 1 saturated heterocycles. The third-order valence-electron chi connectivity index (χ3n) is 4.15. The molecule has 2 rings (SSSR count). The molecule has 2 atom stereocenters. The van der Waals surface area contributed by atoms with Crippen LogP contribution in [0.4, 0.5) is 9.59 Å². The van der Waals surface area contributed by atoms with E-state index in [0.717, 1.165) is 22.9 Å². The second-order valence-electron chi connectivity index (χ2n) is 5.82. The van der Waals surface area contributed by atoms with Crippen molar-refractivity contribution in [2.75, 3.05) is 33.9 Å². The molecule has 2 unspecified atom stereocenters. The first-order chi connectivity index (χ1) is 12.1. The fourth-order valence-corrected chi connectivity index (χ4v) is 2.79. The number of amides is 2. The molecule has 1 aromatic rings. The van der Waals surface area contributed by atoms with Crippen molar-refractivity contribution in [3.63, 3.8) is 0 Å². The van der Waals surface area contributed by atoms with Crippen LogP contribution < -0.4 is 5.32 Å². The molecule has 0 aliphatic carbocycles. The van der Waals surface area contributed by atoms with E-state index < -0.39 is 18.3 Å². The van der Waals surface area contributed by atoms with Gasteiger partial charge in [-0.1, -0.05) is 30.3 Å². The number of aliphatic hydroxyl groups excluding tert-OH is 1. The van der Waals surface area contributed by atoms with Gasteiger partial charge in [0, 0.05) is 0 Å². The van der Waals surface area contributed by atoms with Crippen LogP contribution in [0.2, 0.25) is 0 Å². The number of carbonyl (C=O) groups is 2. The summed E-state index contributed by atoms with van der Waals surface area (Å²) >= 11 is 0. The third kappa shape index (κ3) is 5.07. The number of nitrogens with one attached hydrogen (secondary N) is 1. The number of nitrogens with zero attached hydrogens (tertiary/aromatic N) is 2. The molecule has 1 aliphatic heterocycles. The number of rotatable bonds is 5. The Kier molecular flexibility index (Phi) is 7.03. The van der Waals surface area contributed by atoms with Crippen molar-refractivity contribution >= 4 is 12.2 Å². The summed E-state index contributed by atoms with van der Waals surface area (Å²) in [4.78, 5) is 23.7. The highest BCUT2D eigenvalue weighted by Crippen LogP contribution is 2.15. The van der Waals surface area contributed by atoms with Crippen LogP contribution in [-0.2, 0) is 15.9 Å². The number of β-amino-alcohol motifs (C(OH)–C–C–N with tert-alkyl or cyclic N) is 1. The lowest BCUT2D eigenvalue weighted by Crippen LogP contribution is -2.65. The lowest BCUT2D eigenvalue weighted by molar-refractivity contribution is -0.0788. The maximum Gasteiger partial charge on any atom is 0.428 e. The van der Waals surface area contributed by atoms with Crippen molar-refractivity contribution < 1.29 is 24.2 Å². The van der Waals surface area contributed by atoms with Crippen LogP contribution in [0.5, 0.6) is 0 Å². The average Bonchev–Trinajstić information content (AvgIpc) is 2.65. The monoisotopic (exact) mass is 351 g/mol. The lowest BCUT2D eigenvalue weighted by Gasteiger charge is -2.42. The molecule has 8 heteroatoms. The van der Waals surface area contributed by atoms with Gasteiger partial charge in [-0.15, -0.1) is 0 Å². The van der Waals surface area contributed by atoms with Gasteiger partial charge in [0.05, 0.1) is 39.5 Å². The van der Waals surface area contributed by atoms with E-state index in [1.54, 1.807) is 0 Å². The highest BCUT2D eigenvalue weighted by Gasteiger charge is 2.39. The van der Waals surface area contributed by atoms with E-state index in [0.29, 0.717) is 6.54 Å². The van der Waals surface area contributed by atoms with Gasteiger partial charge in [-0.2, -0.15) is 0 Å². The Morgan fingerprint density at radius 1 is 1.12 bits per heavy atom. The molecule has 138 valence electrons. The summed E-state index contributed by atoms with van der Waals surface area (Å²) in [5, 5.41) is 15.7. The SMILES string of the molecule is COC(=O)N1CC(O)C(NCCCc2ccccc2)CN1C(=O)OC. The summed E-state index contributed by atoms with van der Waals surface area (Å²) in [5.74, 6) is 0. The minimum absolute atomic E-state index is 0.0435. The highest BCUT2D eigenvalue weighted by atomic mass is 16.6. The van der Waals surface area contributed by atoms with Gasteiger partial charge < -0.3 is 19.9 Å². The minimum Gasteiger partial charge on any atom is -0.452 e. The second kappa shape index (κ2) is 9.24. The summed E-state index contributed by atoms with van der Waals surface area (Å²) in [5.41, 5.74) is 1.25. The molecule has 1 aliphatic rings. The molecule has 2 amide bonds. The number of hydrogen-bond donors (Lipinski definition) is 2. The van der Waals surface area contributed by atoms with E-state index in [2.05, 4.69) is 22.2 Å². The fraction of sp³-hybridized carbons (Fsp3) is 0.529. The van der Waals surface area contributed by atoms with E-state index in [1.807, 2.05) is 18.2 Å². The zero-order valence-corrected chi connectivity index (χ0v) is 14.6. The Balaban J connectivity index is 1.88. The summed E-state index contributed by atoms with van der Waals surface area (Å²) < 4.78 is 9.36. The summed E-state index contributed by atoms with van der Waals surface area (Å²) in [7, 11) is 2.46. The lowest BCUT2D eigenvalue weighted by atomic mass is 10.1. The van der Waals surface area contributed by atoms with Crippen molar-refractivity contribution in [3.8, 4) is 0 Å². The predicted molar refractivity (Wildman–Crippen MR) is 90.8 cm³/mol. The van der Waals surface area contributed by atoms with Crippen molar-refractivity contribution in [3.05, 3.63) is 35.9 Å². The van der Waals surface area contributed by atoms with Gasteiger partial charge in [-0.25, -0.2) is 19.6 Å². The molecule has 8 nitrogen and oxygen atoms in total. The highest BCUT2D eigenvalue weighted by molar-refractivity contribution is 5.74. The van der Waals surface area contributed by atoms with Crippen LogP contribution in [-0.4, -0.2) is 73.3 Å². The number of aliphatic hydroxyl groups is 1. The average molecular weight is 351 g/mol. The molecule has 1 fully saturated rings. The van der Waals surface area contributed by atoms with Gasteiger partial charge in [0.25, 0.3) is 0 Å². The maximum absolute atomic E-state index is 11.9. The number of benzene rings is 1. The molecule has 0 radical (unpaired) electrons. The first-order valence-electron chi connectivity index (χ1n) is 8.23. The van der Waals surface area contributed by atoms with E-state index >= 15 is 0 Å². The number of carbonyl (C=O) groups excluding carboxylic acids is 2. The zero-order chi connectivity index (χ0) is 18.2. The second-order valence-corrected chi connectivity index (χ2v) is 5.82. The standard InChI is InChI=1S/C17H25N3O5/c1-24-16(22)19-11-14(15(21)12-20(19)17(23)25-2)18-10-6-9-13-7-4-3-5-8-13/h3-5,7-8,14-15,18,21H,6,9-12H2,1-2H3. The molecule has 1 heterocycles. The van der Waals surface area contributed by atoms with Crippen molar-refractivity contribution in [1.29, 1.82) is 0 Å². The molecule has 0 spiro atoms. The zero-order valence-electron chi connectivity index (χ0n) is 14.6. The van der Waals surface area contributed by atoms with E-state index in [4.69, 9.17) is 4.74 Å². The Bertz CT molecular complexity index is 569. The number of hydrazine groups is 1. The molecule has 1 aromatic carbocycles. The first kappa shape index (κ1) is 19.0. The Morgan fingerprint density at radius 2 is 1.72 bits per heavy atom. The number of methoxy groups -OCH3 is 2. The summed E-state index contributed by atoms with van der Waals surface area (Å²) in [6, 6.07) is 9.78. The normalized spacial score (nSPS) is 20.3. The third-order valence-corrected chi connectivity index (χ3v) is 4.15. The molecule has 2 N–H and O–H groups in total. The Morgan fingerprint density at radius 3 is 2.32 bits per heavy atom. The van der Waals surface area contributed by atoms with E-state index in [1.165, 1.54) is 19.8 Å². The van der Waals surface area contributed by atoms with Gasteiger partial charge in [0.15, 0.2) is 0 Å². The minimum atomic E-state index is -0.809. The van der Waals surface area contributed by atoms with Gasteiger partial charge in [0.1, 0.15) is 0 Å². The molecule has 25 heavy (non-hydrogen) atoms. The fourth-order valence-electron chi connectivity index (χ4n) is 2.79. The van der Waals surface area contributed by atoms with Gasteiger partial charge in [0.2, 0.25) is 0 Å². The molecular weight excluding hydrogens is 326 g/mol. The Hall–Kier alpha value is -2.32. The van der Waals surface area contributed by atoms with Gasteiger partial charge in [-0.3, -0.25) is 0 Å². The van der Waals surface area contributed by atoms with Crippen molar-refractivity contribution in [2.45, 2.75) is 25.0 Å². The quantitative estimate of drug-likeness (QED) is 0.769. The van der Waals surface area contributed by atoms with E-state index in [-0.39, 0.29) is 19.1 Å². The van der Waals surface area contributed by atoms with Crippen LogP contribution in [0.15, 0.2) is 30.3 Å².